The van der Waals surface area contributed by atoms with Crippen molar-refractivity contribution in [3.8, 4) is 17.1 Å². The summed E-state index contributed by atoms with van der Waals surface area (Å²) in [5, 5.41) is 11.8. The van der Waals surface area contributed by atoms with E-state index in [-0.39, 0.29) is 12.3 Å². The summed E-state index contributed by atoms with van der Waals surface area (Å²) in [6, 6.07) is 17.1. The molecule has 0 saturated carbocycles. The Kier molecular flexibility index (Phi) is 5.11. The van der Waals surface area contributed by atoms with Crippen LogP contribution in [0.3, 0.4) is 0 Å². The highest BCUT2D eigenvalue weighted by atomic mass is 32.1. The number of benzene rings is 2. The molecule has 0 radical (unpaired) electrons. The highest BCUT2D eigenvalue weighted by Gasteiger charge is 2.19. The van der Waals surface area contributed by atoms with Crippen LogP contribution in [0.4, 0.5) is 5.13 Å². The number of carbonyl (C=O) groups is 1. The molecule has 2 aromatic carbocycles. The monoisotopic (exact) mass is 392 g/mol. The van der Waals surface area contributed by atoms with Gasteiger partial charge in [0.2, 0.25) is 5.13 Å². The molecule has 0 aliphatic rings. The summed E-state index contributed by atoms with van der Waals surface area (Å²) >= 11 is 1.24. The van der Waals surface area contributed by atoms with Crippen molar-refractivity contribution >= 4 is 22.4 Å². The minimum Gasteiger partial charge on any atom is -0.486 e. The molecule has 140 valence electrons. The molecule has 2 heterocycles. The van der Waals surface area contributed by atoms with Gasteiger partial charge in [0.15, 0.2) is 22.9 Å². The number of nitrogens with one attached hydrogen (secondary N) is 1. The standard InChI is InChI=1S/C20H16N4O3S/c1-13-7-9-15(10-8-13)26-11-16-23-24-20(28-16)22-19(25)17-18(27-12-21-17)14-5-3-2-4-6-14/h2-10,12H,11H2,1H3,(H,22,24,25). The Morgan fingerprint density at radius 3 is 2.68 bits per heavy atom. The van der Waals surface area contributed by atoms with E-state index in [1.165, 1.54) is 17.7 Å². The molecule has 0 aliphatic heterocycles. The number of carbonyl (C=O) groups excluding carboxylic acids is 1. The molecular formula is C20H16N4O3S. The van der Waals surface area contributed by atoms with Crippen LogP contribution in [-0.4, -0.2) is 21.1 Å². The molecule has 4 aromatic rings. The summed E-state index contributed by atoms with van der Waals surface area (Å²) in [5.74, 6) is 0.752. The van der Waals surface area contributed by atoms with Gasteiger partial charge in [0.05, 0.1) is 0 Å². The van der Waals surface area contributed by atoms with E-state index in [1.54, 1.807) is 0 Å². The average Bonchev–Trinajstić information content (AvgIpc) is 3.38. The number of nitrogens with zero attached hydrogens (tertiary/aromatic N) is 3. The van der Waals surface area contributed by atoms with Crippen LogP contribution in [0.1, 0.15) is 21.1 Å². The Hall–Kier alpha value is -3.52. The van der Waals surface area contributed by atoms with Gasteiger partial charge in [-0.15, -0.1) is 10.2 Å². The zero-order chi connectivity index (χ0) is 19.3. The number of amides is 1. The third-order valence-electron chi connectivity index (χ3n) is 3.89. The molecule has 0 unspecified atom stereocenters. The summed E-state index contributed by atoms with van der Waals surface area (Å²) in [7, 11) is 0. The zero-order valence-corrected chi connectivity index (χ0v) is 15.8. The number of anilines is 1. The Morgan fingerprint density at radius 2 is 1.89 bits per heavy atom. The largest absolute Gasteiger partial charge is 0.486 e. The van der Waals surface area contributed by atoms with Crippen molar-refractivity contribution in [2.45, 2.75) is 13.5 Å². The first-order valence-electron chi connectivity index (χ1n) is 8.51. The molecule has 0 bridgehead atoms. The number of oxazole rings is 1. The normalized spacial score (nSPS) is 10.6. The topological polar surface area (TPSA) is 90.1 Å². The number of hydrogen-bond donors (Lipinski definition) is 1. The van der Waals surface area contributed by atoms with Crippen LogP contribution in [0.15, 0.2) is 65.4 Å². The maximum Gasteiger partial charge on any atom is 0.280 e. The summed E-state index contributed by atoms with van der Waals surface area (Å²) in [5.41, 5.74) is 2.13. The molecule has 0 spiro atoms. The molecule has 1 N–H and O–H groups in total. The van der Waals surface area contributed by atoms with Crippen LogP contribution >= 0.6 is 11.3 Å². The first-order chi connectivity index (χ1) is 13.7. The molecular weight excluding hydrogens is 376 g/mol. The van der Waals surface area contributed by atoms with Crippen molar-refractivity contribution in [1.82, 2.24) is 15.2 Å². The van der Waals surface area contributed by atoms with Gasteiger partial charge in [-0.05, 0) is 19.1 Å². The second kappa shape index (κ2) is 8.01. The Bertz CT molecular complexity index is 1070. The number of hydrogen-bond acceptors (Lipinski definition) is 7. The lowest BCUT2D eigenvalue weighted by Crippen LogP contribution is -2.13. The third kappa shape index (κ3) is 4.07. The van der Waals surface area contributed by atoms with Crippen molar-refractivity contribution in [1.29, 1.82) is 0 Å². The van der Waals surface area contributed by atoms with Gasteiger partial charge in [-0.1, -0.05) is 59.4 Å². The quantitative estimate of drug-likeness (QED) is 0.525. The van der Waals surface area contributed by atoms with E-state index in [0.29, 0.717) is 15.9 Å². The van der Waals surface area contributed by atoms with Crippen molar-refractivity contribution in [2.75, 3.05) is 5.32 Å². The zero-order valence-electron chi connectivity index (χ0n) is 15.0. The fourth-order valence-electron chi connectivity index (χ4n) is 2.50. The molecule has 0 fully saturated rings. The first kappa shape index (κ1) is 17.9. The fraction of sp³-hybridized carbons (Fsp3) is 0.100. The maximum atomic E-state index is 12.6. The maximum absolute atomic E-state index is 12.6. The van der Waals surface area contributed by atoms with Crippen molar-refractivity contribution in [2.24, 2.45) is 0 Å². The van der Waals surface area contributed by atoms with Gasteiger partial charge >= 0.3 is 0 Å². The van der Waals surface area contributed by atoms with Crippen LogP contribution < -0.4 is 10.1 Å². The molecule has 1 amide bonds. The molecule has 2 aromatic heterocycles. The van der Waals surface area contributed by atoms with Crippen LogP contribution in [0, 0.1) is 6.92 Å². The molecule has 4 rings (SSSR count). The van der Waals surface area contributed by atoms with Gasteiger partial charge in [0.1, 0.15) is 12.4 Å². The van der Waals surface area contributed by atoms with Gasteiger partial charge in [-0.25, -0.2) is 4.98 Å². The predicted octanol–water partition coefficient (Wildman–Crippen LogP) is 4.33. The second-order valence-corrected chi connectivity index (χ2v) is 7.01. The van der Waals surface area contributed by atoms with E-state index in [2.05, 4.69) is 20.5 Å². The lowest BCUT2D eigenvalue weighted by Gasteiger charge is -2.03. The van der Waals surface area contributed by atoms with Crippen molar-refractivity contribution < 1.29 is 13.9 Å². The van der Waals surface area contributed by atoms with E-state index in [0.717, 1.165) is 16.9 Å². The predicted molar refractivity (Wildman–Crippen MR) is 105 cm³/mol. The molecule has 8 heteroatoms. The molecule has 0 saturated heterocycles. The van der Waals surface area contributed by atoms with Gasteiger partial charge in [-0.3, -0.25) is 10.1 Å². The summed E-state index contributed by atoms with van der Waals surface area (Å²) in [4.78, 5) is 16.6. The summed E-state index contributed by atoms with van der Waals surface area (Å²) in [6.07, 6.45) is 1.25. The lowest BCUT2D eigenvalue weighted by atomic mass is 10.1. The minimum absolute atomic E-state index is 0.193. The van der Waals surface area contributed by atoms with Crippen LogP contribution in [-0.2, 0) is 6.61 Å². The van der Waals surface area contributed by atoms with E-state index < -0.39 is 5.91 Å². The van der Waals surface area contributed by atoms with Gasteiger partial charge in [-0.2, -0.15) is 0 Å². The summed E-state index contributed by atoms with van der Waals surface area (Å²) < 4.78 is 11.1. The van der Waals surface area contributed by atoms with Gasteiger partial charge in [0, 0.05) is 5.56 Å². The number of ether oxygens (including phenoxy) is 1. The van der Waals surface area contributed by atoms with Crippen molar-refractivity contribution in [3.63, 3.8) is 0 Å². The smallest absolute Gasteiger partial charge is 0.280 e. The molecule has 0 aliphatic carbocycles. The Balaban J connectivity index is 1.41. The third-order valence-corrected chi connectivity index (χ3v) is 4.70. The lowest BCUT2D eigenvalue weighted by molar-refractivity contribution is 0.102. The highest BCUT2D eigenvalue weighted by Crippen LogP contribution is 2.24. The first-order valence-corrected chi connectivity index (χ1v) is 9.33. The Labute approximate surface area is 165 Å². The average molecular weight is 392 g/mol. The molecule has 0 atom stereocenters. The molecule has 7 nitrogen and oxygen atoms in total. The van der Waals surface area contributed by atoms with Crippen LogP contribution in [0.25, 0.3) is 11.3 Å². The van der Waals surface area contributed by atoms with Gasteiger partial charge in [0.25, 0.3) is 5.91 Å². The number of rotatable bonds is 6. The van der Waals surface area contributed by atoms with E-state index in [9.17, 15) is 4.79 Å². The number of aromatic nitrogens is 3. The van der Waals surface area contributed by atoms with Crippen molar-refractivity contribution in [3.05, 3.63) is 77.3 Å². The number of aryl methyl sites for hydroxylation is 1. The van der Waals surface area contributed by atoms with E-state index >= 15 is 0 Å². The van der Waals surface area contributed by atoms with Crippen LogP contribution in [0.2, 0.25) is 0 Å². The molecule has 28 heavy (non-hydrogen) atoms. The summed E-state index contributed by atoms with van der Waals surface area (Å²) in [6.45, 7) is 2.29. The second-order valence-electron chi connectivity index (χ2n) is 5.95. The van der Waals surface area contributed by atoms with E-state index in [1.807, 2.05) is 61.5 Å². The SMILES string of the molecule is Cc1ccc(OCc2nnc(NC(=O)c3ncoc3-c3ccccc3)s2)cc1. The Morgan fingerprint density at radius 1 is 1.11 bits per heavy atom. The minimum atomic E-state index is -0.408. The van der Waals surface area contributed by atoms with E-state index in [4.69, 9.17) is 9.15 Å². The van der Waals surface area contributed by atoms with Gasteiger partial charge < -0.3 is 9.15 Å². The van der Waals surface area contributed by atoms with Crippen LogP contribution in [0.5, 0.6) is 5.75 Å². The highest BCUT2D eigenvalue weighted by molar-refractivity contribution is 7.15. The fourth-order valence-corrected chi connectivity index (χ4v) is 3.15.